The summed E-state index contributed by atoms with van der Waals surface area (Å²) >= 11 is 0. The van der Waals surface area contributed by atoms with Crippen LogP contribution in [-0.4, -0.2) is 22.9 Å². The summed E-state index contributed by atoms with van der Waals surface area (Å²) in [6.07, 6.45) is 4.69. The van der Waals surface area contributed by atoms with Gasteiger partial charge in [0.25, 0.3) is 0 Å². The quantitative estimate of drug-likeness (QED) is 0.775. The van der Waals surface area contributed by atoms with Crippen molar-refractivity contribution in [3.05, 3.63) is 47.8 Å². The van der Waals surface area contributed by atoms with Crippen molar-refractivity contribution in [2.45, 2.75) is 19.8 Å². The van der Waals surface area contributed by atoms with Crippen molar-refractivity contribution in [2.75, 3.05) is 7.11 Å². The third-order valence-corrected chi connectivity index (χ3v) is 2.88. The molecule has 0 N–H and O–H groups in total. The number of benzene rings is 1. The second-order valence-corrected chi connectivity index (χ2v) is 4.11. The number of esters is 1. The smallest absolute Gasteiger partial charge is 0.305 e. The lowest BCUT2D eigenvalue weighted by molar-refractivity contribution is -0.140. The summed E-state index contributed by atoms with van der Waals surface area (Å²) in [5.41, 5.74) is 3.29. The molecule has 1 aromatic heterocycles. The second kappa shape index (κ2) is 5.49. The average Bonchev–Trinajstić information content (AvgIpc) is 2.89. The molecule has 0 amide bonds. The van der Waals surface area contributed by atoms with E-state index in [2.05, 4.69) is 9.84 Å². The van der Waals surface area contributed by atoms with Crippen LogP contribution in [0.15, 0.2) is 36.7 Å². The van der Waals surface area contributed by atoms with Gasteiger partial charge in [0.1, 0.15) is 0 Å². The molecular weight excluding hydrogens is 228 g/mol. The van der Waals surface area contributed by atoms with Crippen LogP contribution in [0.25, 0.3) is 5.69 Å². The van der Waals surface area contributed by atoms with E-state index < -0.39 is 0 Å². The van der Waals surface area contributed by atoms with Crippen LogP contribution in [0.5, 0.6) is 0 Å². The van der Waals surface area contributed by atoms with E-state index in [-0.39, 0.29) is 5.97 Å². The number of para-hydroxylation sites is 1. The largest absolute Gasteiger partial charge is 0.469 e. The molecular formula is C14H16N2O2. The van der Waals surface area contributed by atoms with Gasteiger partial charge < -0.3 is 4.74 Å². The molecule has 1 aromatic carbocycles. The van der Waals surface area contributed by atoms with Crippen LogP contribution in [0.2, 0.25) is 0 Å². The number of rotatable bonds is 4. The van der Waals surface area contributed by atoms with E-state index >= 15 is 0 Å². The number of hydrogen-bond donors (Lipinski definition) is 0. The standard InChI is InChI=1S/C14H16N2O2/c1-11-5-3-6-12(7-8-13(17)18-2)14(11)16-10-4-9-15-16/h3-6,9-10H,7-8H2,1-2H3. The molecule has 0 unspecified atom stereocenters. The molecule has 1 heterocycles. The van der Waals surface area contributed by atoms with E-state index in [9.17, 15) is 4.79 Å². The van der Waals surface area contributed by atoms with Gasteiger partial charge in [0.05, 0.1) is 12.8 Å². The molecule has 2 rings (SSSR count). The molecule has 0 aliphatic rings. The number of aromatic nitrogens is 2. The van der Waals surface area contributed by atoms with Crippen LogP contribution in [0.3, 0.4) is 0 Å². The van der Waals surface area contributed by atoms with Gasteiger partial charge in [-0.25, -0.2) is 4.68 Å². The van der Waals surface area contributed by atoms with Gasteiger partial charge in [0.15, 0.2) is 0 Å². The lowest BCUT2D eigenvalue weighted by Crippen LogP contribution is -2.06. The summed E-state index contributed by atoms with van der Waals surface area (Å²) in [4.78, 5) is 11.2. The number of ether oxygens (including phenoxy) is 1. The van der Waals surface area contributed by atoms with Crippen LogP contribution in [0.4, 0.5) is 0 Å². The minimum Gasteiger partial charge on any atom is -0.469 e. The lowest BCUT2D eigenvalue weighted by atomic mass is 10.0. The number of nitrogens with zero attached hydrogens (tertiary/aromatic N) is 2. The van der Waals surface area contributed by atoms with Crippen LogP contribution in [-0.2, 0) is 16.0 Å². The molecule has 0 aliphatic carbocycles. The van der Waals surface area contributed by atoms with Crippen LogP contribution < -0.4 is 0 Å². The van der Waals surface area contributed by atoms with Crippen molar-refractivity contribution >= 4 is 5.97 Å². The Morgan fingerprint density at radius 3 is 2.89 bits per heavy atom. The molecule has 0 spiro atoms. The first-order valence-electron chi connectivity index (χ1n) is 5.87. The zero-order valence-electron chi connectivity index (χ0n) is 10.6. The fraction of sp³-hybridized carbons (Fsp3) is 0.286. The first kappa shape index (κ1) is 12.4. The number of hydrogen-bond acceptors (Lipinski definition) is 3. The highest BCUT2D eigenvalue weighted by atomic mass is 16.5. The zero-order chi connectivity index (χ0) is 13.0. The molecule has 0 aliphatic heterocycles. The van der Waals surface area contributed by atoms with Crippen molar-refractivity contribution < 1.29 is 9.53 Å². The number of carbonyl (C=O) groups is 1. The number of carbonyl (C=O) groups excluding carboxylic acids is 1. The predicted molar refractivity (Wildman–Crippen MR) is 68.6 cm³/mol. The summed E-state index contributed by atoms with van der Waals surface area (Å²) in [6.45, 7) is 2.04. The van der Waals surface area contributed by atoms with Crippen molar-refractivity contribution in [1.82, 2.24) is 9.78 Å². The van der Waals surface area contributed by atoms with E-state index in [1.165, 1.54) is 7.11 Å². The van der Waals surface area contributed by atoms with Gasteiger partial charge in [-0.1, -0.05) is 18.2 Å². The molecule has 0 fully saturated rings. The monoisotopic (exact) mass is 244 g/mol. The van der Waals surface area contributed by atoms with Crippen LogP contribution in [0.1, 0.15) is 17.5 Å². The predicted octanol–water partition coefficient (Wildman–Crippen LogP) is 2.29. The molecule has 0 bridgehead atoms. The van der Waals surface area contributed by atoms with E-state index in [1.54, 1.807) is 6.20 Å². The Bertz CT molecular complexity index is 533. The highest BCUT2D eigenvalue weighted by molar-refractivity contribution is 5.69. The maximum atomic E-state index is 11.2. The zero-order valence-corrected chi connectivity index (χ0v) is 10.6. The Morgan fingerprint density at radius 2 is 2.22 bits per heavy atom. The fourth-order valence-electron chi connectivity index (χ4n) is 1.99. The van der Waals surface area contributed by atoms with E-state index in [4.69, 9.17) is 0 Å². The minimum absolute atomic E-state index is 0.192. The Morgan fingerprint density at radius 1 is 1.39 bits per heavy atom. The van der Waals surface area contributed by atoms with Gasteiger partial charge in [-0.15, -0.1) is 0 Å². The van der Waals surface area contributed by atoms with Gasteiger partial charge >= 0.3 is 5.97 Å². The first-order chi connectivity index (χ1) is 8.72. The normalized spacial score (nSPS) is 10.3. The Hall–Kier alpha value is -2.10. The van der Waals surface area contributed by atoms with Gasteiger partial charge in [-0.05, 0) is 30.5 Å². The van der Waals surface area contributed by atoms with Crippen molar-refractivity contribution in [1.29, 1.82) is 0 Å². The third-order valence-electron chi connectivity index (χ3n) is 2.88. The van der Waals surface area contributed by atoms with Gasteiger partial charge in [0, 0.05) is 18.8 Å². The topological polar surface area (TPSA) is 44.1 Å². The second-order valence-electron chi connectivity index (χ2n) is 4.11. The Labute approximate surface area is 106 Å². The Balaban J connectivity index is 2.30. The lowest BCUT2D eigenvalue weighted by Gasteiger charge is -2.12. The summed E-state index contributed by atoms with van der Waals surface area (Å²) in [6, 6.07) is 7.94. The number of aryl methyl sites for hydroxylation is 2. The Kier molecular flexibility index (Phi) is 3.77. The molecule has 0 atom stereocenters. The SMILES string of the molecule is COC(=O)CCc1cccc(C)c1-n1cccn1. The van der Waals surface area contributed by atoms with E-state index in [0.29, 0.717) is 12.8 Å². The van der Waals surface area contributed by atoms with Gasteiger partial charge in [-0.3, -0.25) is 4.79 Å². The number of methoxy groups -OCH3 is 1. The molecule has 0 radical (unpaired) electrons. The van der Waals surface area contributed by atoms with Crippen LogP contribution in [0, 0.1) is 6.92 Å². The first-order valence-corrected chi connectivity index (χ1v) is 5.87. The summed E-state index contributed by atoms with van der Waals surface area (Å²) in [7, 11) is 1.41. The van der Waals surface area contributed by atoms with Crippen LogP contribution >= 0.6 is 0 Å². The van der Waals surface area contributed by atoms with Gasteiger partial charge in [-0.2, -0.15) is 5.10 Å². The van der Waals surface area contributed by atoms with Crippen molar-refractivity contribution in [2.24, 2.45) is 0 Å². The van der Waals surface area contributed by atoms with Crippen molar-refractivity contribution in [3.63, 3.8) is 0 Å². The summed E-state index contributed by atoms with van der Waals surface area (Å²) in [5.74, 6) is -0.192. The van der Waals surface area contributed by atoms with Crippen molar-refractivity contribution in [3.8, 4) is 5.69 Å². The molecule has 94 valence electrons. The summed E-state index contributed by atoms with van der Waals surface area (Å²) < 4.78 is 6.51. The third kappa shape index (κ3) is 2.59. The maximum absolute atomic E-state index is 11.2. The molecule has 4 nitrogen and oxygen atoms in total. The fourth-order valence-corrected chi connectivity index (χ4v) is 1.99. The molecule has 4 heteroatoms. The summed E-state index contributed by atoms with van der Waals surface area (Å²) in [5, 5.41) is 4.26. The van der Waals surface area contributed by atoms with Gasteiger partial charge in [0.2, 0.25) is 0 Å². The molecule has 0 saturated carbocycles. The highest BCUT2D eigenvalue weighted by Gasteiger charge is 2.10. The maximum Gasteiger partial charge on any atom is 0.305 e. The van der Waals surface area contributed by atoms with E-state index in [1.807, 2.05) is 42.1 Å². The van der Waals surface area contributed by atoms with E-state index in [0.717, 1.165) is 16.8 Å². The molecule has 2 aromatic rings. The molecule has 0 saturated heterocycles. The average molecular weight is 244 g/mol. The highest BCUT2D eigenvalue weighted by Crippen LogP contribution is 2.20. The minimum atomic E-state index is -0.192. The molecule has 18 heavy (non-hydrogen) atoms.